The number of thioether (sulfide) groups is 1. The van der Waals surface area contributed by atoms with E-state index in [9.17, 15) is 9.90 Å². The van der Waals surface area contributed by atoms with Crippen LogP contribution in [0.25, 0.3) is 10.4 Å². The second-order valence-electron chi connectivity index (χ2n) is 5.00. The van der Waals surface area contributed by atoms with Crippen LogP contribution in [0.1, 0.15) is 10.4 Å². The number of esters is 1. The molecule has 1 aliphatic rings. The van der Waals surface area contributed by atoms with Gasteiger partial charge in [-0.3, -0.25) is 0 Å². The van der Waals surface area contributed by atoms with Gasteiger partial charge < -0.3 is 20.3 Å². The Balaban J connectivity index is 2.15. The summed E-state index contributed by atoms with van der Waals surface area (Å²) in [5, 5.41) is 13.8. The van der Waals surface area contributed by atoms with Gasteiger partial charge in [-0.15, -0.1) is 11.8 Å². The van der Waals surface area contributed by atoms with Gasteiger partial charge in [0, 0.05) is 4.91 Å². The van der Waals surface area contributed by atoms with E-state index in [1.54, 1.807) is 36.6 Å². The highest BCUT2D eigenvalue weighted by Crippen LogP contribution is 2.28. The van der Waals surface area contributed by atoms with Gasteiger partial charge in [-0.05, 0) is 23.9 Å². The van der Waals surface area contributed by atoms with Crippen molar-refractivity contribution in [1.82, 2.24) is 0 Å². The molecule has 0 aliphatic carbocycles. The maximum Gasteiger partial charge on any atom is 0.338 e. The van der Waals surface area contributed by atoms with E-state index < -0.39 is 35.8 Å². The van der Waals surface area contributed by atoms with Crippen molar-refractivity contribution < 1.29 is 19.4 Å². The number of aliphatic hydroxyl groups excluding tert-OH is 1. The van der Waals surface area contributed by atoms with E-state index in [1.807, 2.05) is 0 Å². The summed E-state index contributed by atoms with van der Waals surface area (Å²) in [6.45, 7) is -0.0686. The minimum Gasteiger partial charge on any atom is -0.454 e. The van der Waals surface area contributed by atoms with Crippen LogP contribution in [0, 0.1) is 0 Å². The van der Waals surface area contributed by atoms with E-state index in [1.165, 1.54) is 11.8 Å². The van der Waals surface area contributed by atoms with E-state index in [4.69, 9.17) is 20.7 Å². The molecule has 0 amide bonds. The monoisotopic (exact) mass is 338 g/mol. The van der Waals surface area contributed by atoms with Crippen LogP contribution in [0.15, 0.2) is 35.4 Å². The van der Waals surface area contributed by atoms with E-state index in [0.717, 1.165) is 0 Å². The Labute approximate surface area is 137 Å². The Bertz CT molecular complexity index is 581. The highest BCUT2D eigenvalue weighted by molar-refractivity contribution is 7.99. The van der Waals surface area contributed by atoms with Crippen LogP contribution >= 0.6 is 11.8 Å². The second kappa shape index (κ2) is 8.19. The lowest BCUT2D eigenvalue weighted by molar-refractivity contribution is -0.152. The van der Waals surface area contributed by atoms with E-state index >= 15 is 0 Å². The molecular weight excluding hydrogens is 320 g/mol. The summed E-state index contributed by atoms with van der Waals surface area (Å²) in [5.41, 5.74) is 14.4. The molecule has 8 nitrogen and oxygen atoms in total. The van der Waals surface area contributed by atoms with Gasteiger partial charge in [0.2, 0.25) is 0 Å². The first-order valence-corrected chi connectivity index (χ1v) is 8.26. The maximum atomic E-state index is 12.2. The number of carbonyl (C=O) groups is 1. The van der Waals surface area contributed by atoms with Gasteiger partial charge in [0.05, 0.1) is 24.3 Å². The van der Waals surface area contributed by atoms with E-state index in [-0.39, 0.29) is 6.54 Å². The van der Waals surface area contributed by atoms with Gasteiger partial charge in [0.15, 0.2) is 0 Å². The Morgan fingerprint density at radius 1 is 1.52 bits per heavy atom. The molecule has 1 aromatic rings. The normalized spacial score (nSPS) is 30.3. The molecule has 124 valence electrons. The number of nitrogens with two attached hydrogens (primary N) is 1. The molecule has 23 heavy (non-hydrogen) atoms. The molecule has 9 heteroatoms. The number of benzene rings is 1. The molecule has 0 spiro atoms. The van der Waals surface area contributed by atoms with Crippen LogP contribution < -0.4 is 5.73 Å². The quantitative estimate of drug-likeness (QED) is 0.360. The standard InChI is InChI=1S/C14H18N4O4S/c1-23-14-10(15)12(11(19)9(21-14)7-17-18-16)22-13(20)8-5-3-2-4-6-8/h2-6,9-12,14,19H,7,15H2,1H3/t9?,10-,11+,12?,14-/m0/s1. The van der Waals surface area contributed by atoms with Crippen molar-refractivity contribution in [2.24, 2.45) is 10.8 Å². The number of hydrogen-bond acceptors (Lipinski definition) is 7. The molecule has 5 atom stereocenters. The van der Waals surface area contributed by atoms with Crippen LogP contribution in [0.2, 0.25) is 0 Å². The summed E-state index contributed by atoms with van der Waals surface area (Å²) in [5.74, 6) is -0.575. The molecule has 1 fully saturated rings. The number of azide groups is 1. The largest absolute Gasteiger partial charge is 0.454 e. The minimum atomic E-state index is -1.17. The van der Waals surface area contributed by atoms with E-state index in [0.29, 0.717) is 5.56 Å². The summed E-state index contributed by atoms with van der Waals surface area (Å²) in [7, 11) is 0. The average Bonchev–Trinajstić information content (AvgIpc) is 2.58. The van der Waals surface area contributed by atoms with Gasteiger partial charge in [-0.25, -0.2) is 4.79 Å². The molecule has 1 heterocycles. The van der Waals surface area contributed by atoms with Crippen molar-refractivity contribution in [1.29, 1.82) is 0 Å². The predicted molar refractivity (Wildman–Crippen MR) is 85.8 cm³/mol. The molecule has 1 aromatic carbocycles. The first-order chi connectivity index (χ1) is 11.1. The SMILES string of the molecule is CS[C@@H]1OC(CN=[N+]=[N-])[C@@H](O)C(OC(=O)c2ccccc2)[C@@H]1N. The zero-order chi connectivity index (χ0) is 16.8. The summed E-state index contributed by atoms with van der Waals surface area (Å²) in [6, 6.07) is 7.74. The first kappa shape index (κ1) is 17.6. The van der Waals surface area contributed by atoms with Crippen molar-refractivity contribution in [3.05, 3.63) is 46.3 Å². The van der Waals surface area contributed by atoms with Crippen molar-refractivity contribution >= 4 is 17.7 Å². The number of rotatable bonds is 5. The molecule has 2 unspecified atom stereocenters. The Morgan fingerprint density at radius 3 is 2.83 bits per heavy atom. The minimum absolute atomic E-state index is 0.0686. The molecule has 0 saturated carbocycles. The maximum absolute atomic E-state index is 12.2. The van der Waals surface area contributed by atoms with Crippen molar-refractivity contribution in [3.8, 4) is 0 Å². The zero-order valence-corrected chi connectivity index (χ0v) is 13.3. The Hall–Kier alpha value is -1.77. The summed E-state index contributed by atoms with van der Waals surface area (Å²) in [6.07, 6.45) is -1.11. The highest BCUT2D eigenvalue weighted by Gasteiger charge is 2.45. The number of hydrogen-bond donors (Lipinski definition) is 2. The fourth-order valence-corrected chi connectivity index (χ4v) is 3.06. The van der Waals surface area contributed by atoms with Crippen LogP contribution in [0.3, 0.4) is 0 Å². The Kier molecular flexibility index (Phi) is 6.26. The molecule has 0 aromatic heterocycles. The highest BCUT2D eigenvalue weighted by atomic mass is 32.2. The first-order valence-electron chi connectivity index (χ1n) is 6.97. The van der Waals surface area contributed by atoms with Gasteiger partial charge in [0.25, 0.3) is 0 Å². The Morgan fingerprint density at radius 2 is 2.22 bits per heavy atom. The summed E-state index contributed by atoms with van der Waals surface area (Å²) in [4.78, 5) is 14.9. The molecule has 1 aliphatic heterocycles. The molecular formula is C14H18N4O4S. The number of aliphatic hydroxyl groups is 1. The average molecular weight is 338 g/mol. The van der Waals surface area contributed by atoms with Crippen molar-refractivity contribution in [2.45, 2.75) is 29.8 Å². The van der Waals surface area contributed by atoms with Crippen molar-refractivity contribution in [2.75, 3.05) is 12.8 Å². The fraction of sp³-hybridized carbons (Fsp3) is 0.500. The fourth-order valence-electron chi connectivity index (χ4n) is 2.33. The smallest absolute Gasteiger partial charge is 0.338 e. The zero-order valence-electron chi connectivity index (χ0n) is 12.5. The molecule has 3 N–H and O–H groups in total. The third-order valence-corrected chi connectivity index (χ3v) is 4.42. The van der Waals surface area contributed by atoms with Crippen molar-refractivity contribution in [3.63, 3.8) is 0 Å². The molecule has 2 rings (SSSR count). The lowest BCUT2D eigenvalue weighted by Gasteiger charge is -2.42. The van der Waals surface area contributed by atoms with E-state index in [2.05, 4.69) is 10.0 Å². The summed E-state index contributed by atoms with van der Waals surface area (Å²) >= 11 is 1.34. The van der Waals surface area contributed by atoms with Crippen LogP contribution in [-0.4, -0.2) is 53.7 Å². The van der Waals surface area contributed by atoms with Gasteiger partial charge >= 0.3 is 5.97 Å². The predicted octanol–water partition coefficient (Wildman–Crippen LogP) is 1.30. The molecule has 0 radical (unpaired) electrons. The third kappa shape index (κ3) is 4.15. The summed E-state index contributed by atoms with van der Waals surface area (Å²) < 4.78 is 11.0. The molecule has 1 saturated heterocycles. The topological polar surface area (TPSA) is 131 Å². The van der Waals surface area contributed by atoms with Gasteiger partial charge in [-0.2, -0.15) is 0 Å². The van der Waals surface area contributed by atoms with Crippen LogP contribution in [0.4, 0.5) is 0 Å². The number of nitrogens with zero attached hydrogens (tertiary/aromatic N) is 3. The van der Waals surface area contributed by atoms with Gasteiger partial charge in [0.1, 0.15) is 17.6 Å². The second-order valence-corrected chi connectivity index (χ2v) is 5.93. The molecule has 0 bridgehead atoms. The van der Waals surface area contributed by atoms with Crippen LogP contribution in [-0.2, 0) is 9.47 Å². The van der Waals surface area contributed by atoms with Crippen LogP contribution in [0.5, 0.6) is 0 Å². The number of carbonyl (C=O) groups excluding carboxylic acids is 1. The lowest BCUT2D eigenvalue weighted by atomic mass is 9.98. The van der Waals surface area contributed by atoms with Gasteiger partial charge in [-0.1, -0.05) is 23.3 Å². The third-order valence-electron chi connectivity index (χ3n) is 3.53. The number of ether oxygens (including phenoxy) is 2. The lowest BCUT2D eigenvalue weighted by Crippen LogP contribution is -2.62.